The normalized spacial score (nSPS) is 16.5. The van der Waals surface area contributed by atoms with Crippen LogP contribution in [0.1, 0.15) is 25.3 Å². The number of fused-ring (bicyclic) bond motifs is 1. The van der Waals surface area contributed by atoms with Crippen molar-refractivity contribution in [1.29, 1.82) is 0 Å². The van der Waals surface area contributed by atoms with E-state index in [0.717, 1.165) is 23.8 Å². The minimum Gasteiger partial charge on any atom is -0.479 e. The maximum absolute atomic E-state index is 14.1. The number of ether oxygens (including phenoxy) is 2. The number of hydrogen-bond donors (Lipinski definition) is 2. The summed E-state index contributed by atoms with van der Waals surface area (Å²) < 4.78 is 41.9. The summed E-state index contributed by atoms with van der Waals surface area (Å²) in [5.41, 5.74) is 2.44. The first-order chi connectivity index (χ1) is 17.1. The standard InChI is InChI=1S/C25H30FN5O4S/c1-15-10-18(31-36(3,4)33)12-21-23(15)24(29-14-28-21)30-20-8-7-17(26)11-22(20)35-16(2)25(32)27-13-19-6-5-9-34-19/h7-8,10-12,14,16,19H,5-6,9,13H2,1-4H3,(H,27,32)(H,28,29,30)/t16-,19?/m1/s1. The lowest BCUT2D eigenvalue weighted by Gasteiger charge is -2.19. The van der Waals surface area contributed by atoms with Gasteiger partial charge in [-0.05, 0) is 56.5 Å². The zero-order chi connectivity index (χ0) is 25.9. The molecule has 3 aromatic rings. The van der Waals surface area contributed by atoms with Crippen LogP contribution in [-0.2, 0) is 19.3 Å². The molecule has 0 bridgehead atoms. The van der Waals surface area contributed by atoms with Crippen molar-refractivity contribution in [3.05, 3.63) is 48.0 Å². The number of carbonyl (C=O) groups excluding carboxylic acids is 1. The monoisotopic (exact) mass is 515 g/mol. The largest absolute Gasteiger partial charge is 0.479 e. The molecule has 0 aliphatic carbocycles. The Hall–Kier alpha value is -3.31. The second-order valence-corrected chi connectivity index (χ2v) is 11.6. The number of halogens is 1. The van der Waals surface area contributed by atoms with Gasteiger partial charge in [0.15, 0.2) is 6.10 Å². The van der Waals surface area contributed by atoms with E-state index in [9.17, 15) is 13.4 Å². The molecule has 0 spiro atoms. The van der Waals surface area contributed by atoms with E-state index < -0.39 is 21.7 Å². The summed E-state index contributed by atoms with van der Waals surface area (Å²) in [5.74, 6) is -0.170. The fourth-order valence-corrected chi connectivity index (χ4v) is 4.62. The Morgan fingerprint density at radius 1 is 1.31 bits per heavy atom. The van der Waals surface area contributed by atoms with E-state index in [1.165, 1.54) is 24.5 Å². The lowest BCUT2D eigenvalue weighted by atomic mass is 10.1. The molecule has 2 aromatic carbocycles. The van der Waals surface area contributed by atoms with Gasteiger partial charge in [0.25, 0.3) is 5.91 Å². The Morgan fingerprint density at radius 3 is 2.83 bits per heavy atom. The summed E-state index contributed by atoms with van der Waals surface area (Å²) in [6.07, 6.45) is 5.57. The number of aryl methyl sites for hydroxylation is 1. The van der Waals surface area contributed by atoms with Gasteiger partial charge in [0.2, 0.25) is 0 Å². The van der Waals surface area contributed by atoms with Crippen LogP contribution in [0, 0.1) is 12.7 Å². The van der Waals surface area contributed by atoms with Gasteiger partial charge >= 0.3 is 0 Å². The van der Waals surface area contributed by atoms with Crippen molar-refractivity contribution < 1.29 is 22.9 Å². The van der Waals surface area contributed by atoms with Crippen molar-refractivity contribution in [1.82, 2.24) is 15.3 Å². The fraction of sp³-hybridized carbons (Fsp3) is 0.400. The van der Waals surface area contributed by atoms with E-state index in [1.54, 1.807) is 25.5 Å². The van der Waals surface area contributed by atoms with Crippen LogP contribution in [0.5, 0.6) is 5.75 Å². The third kappa shape index (κ3) is 6.46. The van der Waals surface area contributed by atoms with Crippen LogP contribution >= 0.6 is 0 Å². The topological polar surface area (TPSA) is 115 Å². The molecule has 1 aliphatic rings. The van der Waals surface area contributed by atoms with Gasteiger partial charge in [-0.3, -0.25) is 4.79 Å². The lowest BCUT2D eigenvalue weighted by Crippen LogP contribution is -2.40. The molecule has 1 amide bonds. The molecule has 36 heavy (non-hydrogen) atoms. The lowest BCUT2D eigenvalue weighted by molar-refractivity contribution is -0.127. The maximum atomic E-state index is 14.1. The number of nitrogens with zero attached hydrogens (tertiary/aromatic N) is 3. The predicted octanol–water partition coefficient (Wildman–Crippen LogP) is 4.24. The van der Waals surface area contributed by atoms with Crippen LogP contribution < -0.4 is 15.4 Å². The summed E-state index contributed by atoms with van der Waals surface area (Å²) in [7, 11) is -2.33. The number of anilines is 2. The fourth-order valence-electron chi connectivity index (χ4n) is 4.01. The molecule has 2 atom stereocenters. The van der Waals surface area contributed by atoms with E-state index >= 15 is 0 Å². The van der Waals surface area contributed by atoms with E-state index in [0.29, 0.717) is 35.9 Å². The minimum absolute atomic E-state index is 0.0104. The molecule has 1 aromatic heterocycles. The van der Waals surface area contributed by atoms with E-state index in [-0.39, 0.29) is 17.8 Å². The molecule has 0 saturated carbocycles. The van der Waals surface area contributed by atoms with Crippen molar-refractivity contribution in [2.75, 3.05) is 31.0 Å². The summed E-state index contributed by atoms with van der Waals surface area (Å²) in [6.45, 7) is 4.60. The molecule has 2 heterocycles. The van der Waals surface area contributed by atoms with Gasteiger partial charge in [0, 0.05) is 46.8 Å². The summed E-state index contributed by atoms with van der Waals surface area (Å²) in [4.78, 5) is 21.3. The molecule has 11 heteroatoms. The van der Waals surface area contributed by atoms with Crippen molar-refractivity contribution >= 4 is 43.7 Å². The Bertz CT molecular complexity index is 1390. The number of aromatic nitrogens is 2. The number of rotatable bonds is 8. The highest BCUT2D eigenvalue weighted by atomic mass is 32.2. The average molecular weight is 516 g/mol. The van der Waals surface area contributed by atoms with Gasteiger partial charge in [-0.25, -0.2) is 18.6 Å². The molecule has 192 valence electrons. The third-order valence-electron chi connectivity index (χ3n) is 5.64. The van der Waals surface area contributed by atoms with Crippen LogP contribution in [0.3, 0.4) is 0 Å². The molecule has 1 aliphatic heterocycles. The van der Waals surface area contributed by atoms with Crippen molar-refractivity contribution in [3.8, 4) is 5.75 Å². The molecule has 1 saturated heterocycles. The van der Waals surface area contributed by atoms with Gasteiger partial charge in [0.1, 0.15) is 23.7 Å². The summed E-state index contributed by atoms with van der Waals surface area (Å²) in [6, 6.07) is 7.59. The van der Waals surface area contributed by atoms with Crippen LogP contribution in [-0.4, -0.2) is 58.0 Å². The molecule has 4 rings (SSSR count). The van der Waals surface area contributed by atoms with E-state index in [4.69, 9.17) is 9.47 Å². The molecular weight excluding hydrogens is 485 g/mol. The first-order valence-corrected chi connectivity index (χ1v) is 14.0. The molecule has 1 unspecified atom stereocenters. The van der Waals surface area contributed by atoms with Gasteiger partial charge < -0.3 is 20.1 Å². The van der Waals surface area contributed by atoms with Gasteiger partial charge in [-0.2, -0.15) is 4.36 Å². The van der Waals surface area contributed by atoms with Crippen molar-refractivity contribution in [3.63, 3.8) is 0 Å². The second kappa shape index (κ2) is 10.8. The first kappa shape index (κ1) is 25.8. The van der Waals surface area contributed by atoms with Crippen molar-refractivity contribution in [2.24, 2.45) is 4.36 Å². The highest BCUT2D eigenvalue weighted by Gasteiger charge is 2.21. The van der Waals surface area contributed by atoms with E-state index in [2.05, 4.69) is 25.0 Å². The summed E-state index contributed by atoms with van der Waals surface area (Å²) >= 11 is 0. The van der Waals surface area contributed by atoms with Gasteiger partial charge in [-0.1, -0.05) is 0 Å². The number of hydrogen-bond acceptors (Lipinski definition) is 8. The van der Waals surface area contributed by atoms with Crippen LogP contribution in [0.15, 0.2) is 41.0 Å². The second-order valence-electron chi connectivity index (χ2n) is 9.06. The zero-order valence-corrected chi connectivity index (χ0v) is 21.5. The first-order valence-electron chi connectivity index (χ1n) is 11.6. The van der Waals surface area contributed by atoms with E-state index in [1.807, 2.05) is 13.0 Å². The van der Waals surface area contributed by atoms with Gasteiger partial charge in [-0.15, -0.1) is 0 Å². The minimum atomic E-state index is -2.33. The zero-order valence-electron chi connectivity index (χ0n) is 20.7. The number of benzene rings is 2. The van der Waals surface area contributed by atoms with Crippen molar-refractivity contribution in [2.45, 2.75) is 38.9 Å². The SMILES string of the molecule is Cc1cc(N=S(C)(C)=O)cc2ncnc(Nc3ccc(F)cc3O[C@H](C)C(=O)NCC3CCCO3)c12. The number of nitrogens with one attached hydrogen (secondary N) is 2. The maximum Gasteiger partial charge on any atom is 0.260 e. The number of carbonyl (C=O) groups is 1. The molecular formula is C25H30FN5O4S. The quantitative estimate of drug-likeness (QED) is 0.461. The van der Waals surface area contributed by atoms with Crippen LogP contribution in [0.4, 0.5) is 21.6 Å². The predicted molar refractivity (Wildman–Crippen MR) is 138 cm³/mol. The molecule has 2 N–H and O–H groups in total. The Kier molecular flexibility index (Phi) is 7.70. The highest BCUT2D eigenvalue weighted by Crippen LogP contribution is 2.34. The smallest absolute Gasteiger partial charge is 0.260 e. The molecule has 0 radical (unpaired) electrons. The van der Waals surface area contributed by atoms with Crippen LogP contribution in [0.25, 0.3) is 10.9 Å². The Morgan fingerprint density at radius 2 is 2.11 bits per heavy atom. The average Bonchev–Trinajstić information content (AvgIpc) is 3.31. The van der Waals surface area contributed by atoms with Crippen LogP contribution in [0.2, 0.25) is 0 Å². The third-order valence-corrected chi connectivity index (χ3v) is 6.29. The van der Waals surface area contributed by atoms with Gasteiger partial charge in [0.05, 0.1) is 23.0 Å². The highest BCUT2D eigenvalue weighted by molar-refractivity contribution is 7.92. The number of amides is 1. The molecule has 1 fully saturated rings. The summed E-state index contributed by atoms with van der Waals surface area (Å²) in [5, 5.41) is 6.75. The Balaban J connectivity index is 1.58. The molecule has 9 nitrogen and oxygen atoms in total. The Labute approximate surface area is 210 Å².